The highest BCUT2D eigenvalue weighted by Gasteiger charge is 2.29. The Morgan fingerprint density at radius 1 is 1.44 bits per heavy atom. The third kappa shape index (κ3) is 4.18. The summed E-state index contributed by atoms with van der Waals surface area (Å²) >= 11 is 0. The van der Waals surface area contributed by atoms with Crippen molar-refractivity contribution in [3.8, 4) is 0 Å². The first-order chi connectivity index (χ1) is 8.45. The molecule has 1 N–H and O–H groups in total. The van der Waals surface area contributed by atoms with E-state index >= 15 is 0 Å². The molecular weight excluding hydrogens is 228 g/mol. The van der Waals surface area contributed by atoms with Crippen LogP contribution < -0.4 is 0 Å². The zero-order valence-corrected chi connectivity index (χ0v) is 10.7. The minimum absolute atomic E-state index is 0.451. The quantitative estimate of drug-likeness (QED) is 0.641. The van der Waals surface area contributed by atoms with Gasteiger partial charge in [0.15, 0.2) is 6.10 Å². The van der Waals surface area contributed by atoms with E-state index in [2.05, 4.69) is 6.58 Å². The second-order valence-electron chi connectivity index (χ2n) is 4.24. The van der Waals surface area contributed by atoms with Crippen LogP contribution in [0.25, 0.3) is 6.08 Å². The van der Waals surface area contributed by atoms with Crippen molar-refractivity contribution >= 4 is 12.0 Å². The summed E-state index contributed by atoms with van der Waals surface area (Å²) in [5.41, 5.74) is -0.327. The average molecular weight is 246 g/mol. The number of carbonyl (C=O) groups excluding carboxylic acids is 1. The fourth-order valence-electron chi connectivity index (χ4n) is 1.51. The number of ether oxygens (including phenoxy) is 1. The predicted octanol–water partition coefficient (Wildman–Crippen LogP) is 2.57. The first-order valence-electron chi connectivity index (χ1n) is 5.72. The molecule has 0 heterocycles. The molecule has 2 atom stereocenters. The van der Waals surface area contributed by atoms with Crippen molar-refractivity contribution in [3.63, 3.8) is 0 Å². The van der Waals surface area contributed by atoms with E-state index in [0.717, 1.165) is 5.56 Å². The SMILES string of the molecule is C=C[C@@H](OC(C)=O)[C@](C)(O)/C=C/c1ccccc1. The molecule has 0 bridgehead atoms. The Morgan fingerprint density at radius 3 is 2.56 bits per heavy atom. The molecule has 96 valence electrons. The third-order valence-electron chi connectivity index (χ3n) is 2.50. The normalized spacial score (nSPS) is 15.9. The fraction of sp³-hybridized carbons (Fsp3) is 0.267. The van der Waals surface area contributed by atoms with Crippen molar-refractivity contribution in [2.45, 2.75) is 25.6 Å². The van der Waals surface area contributed by atoms with Gasteiger partial charge >= 0.3 is 5.97 Å². The van der Waals surface area contributed by atoms with Crippen LogP contribution >= 0.6 is 0 Å². The minimum atomic E-state index is -1.29. The van der Waals surface area contributed by atoms with E-state index in [1.807, 2.05) is 30.3 Å². The first-order valence-corrected chi connectivity index (χ1v) is 5.72. The monoisotopic (exact) mass is 246 g/mol. The van der Waals surface area contributed by atoms with Crippen molar-refractivity contribution in [1.82, 2.24) is 0 Å². The summed E-state index contributed by atoms with van der Waals surface area (Å²) < 4.78 is 4.99. The van der Waals surface area contributed by atoms with Crippen LogP contribution in [0.5, 0.6) is 0 Å². The Labute approximate surface area is 107 Å². The summed E-state index contributed by atoms with van der Waals surface area (Å²) in [5.74, 6) is -0.451. The standard InChI is InChI=1S/C15H18O3/c1-4-14(18-12(2)16)15(3,17)11-10-13-8-6-5-7-9-13/h4-11,14,17H,1H2,2-3H3/b11-10+/t14-,15-/m1/s1. The van der Waals surface area contributed by atoms with Gasteiger partial charge in [0.2, 0.25) is 0 Å². The van der Waals surface area contributed by atoms with Crippen molar-refractivity contribution in [2.24, 2.45) is 0 Å². The lowest BCUT2D eigenvalue weighted by Crippen LogP contribution is -2.38. The minimum Gasteiger partial charge on any atom is -0.455 e. The fourth-order valence-corrected chi connectivity index (χ4v) is 1.51. The van der Waals surface area contributed by atoms with Gasteiger partial charge in [0.1, 0.15) is 5.60 Å². The zero-order valence-electron chi connectivity index (χ0n) is 10.7. The number of hydrogen-bond acceptors (Lipinski definition) is 3. The molecule has 0 aromatic heterocycles. The molecule has 3 nitrogen and oxygen atoms in total. The van der Waals surface area contributed by atoms with Crippen molar-refractivity contribution in [1.29, 1.82) is 0 Å². The zero-order chi connectivity index (χ0) is 13.6. The van der Waals surface area contributed by atoms with Gasteiger partial charge in [-0.05, 0) is 24.6 Å². The Kier molecular flexibility index (Phi) is 4.86. The Bertz CT molecular complexity index is 432. The second-order valence-corrected chi connectivity index (χ2v) is 4.24. The Hall–Kier alpha value is -1.87. The van der Waals surface area contributed by atoms with Gasteiger partial charge in [-0.25, -0.2) is 0 Å². The molecule has 0 radical (unpaired) electrons. The molecular formula is C15H18O3. The molecule has 1 rings (SSSR count). The highest BCUT2D eigenvalue weighted by molar-refractivity contribution is 5.66. The molecule has 0 aliphatic carbocycles. The van der Waals surface area contributed by atoms with Crippen molar-refractivity contribution in [3.05, 3.63) is 54.6 Å². The topological polar surface area (TPSA) is 46.5 Å². The first kappa shape index (κ1) is 14.2. The largest absolute Gasteiger partial charge is 0.455 e. The lowest BCUT2D eigenvalue weighted by atomic mass is 9.97. The molecule has 0 saturated heterocycles. The van der Waals surface area contributed by atoms with Crippen LogP contribution in [-0.2, 0) is 9.53 Å². The second kappa shape index (κ2) is 6.17. The number of esters is 1. The summed E-state index contributed by atoms with van der Waals surface area (Å²) in [6.45, 7) is 6.43. The lowest BCUT2D eigenvalue weighted by molar-refractivity contribution is -0.152. The molecule has 1 aromatic carbocycles. The molecule has 0 aliphatic rings. The van der Waals surface area contributed by atoms with E-state index in [-0.39, 0.29) is 0 Å². The molecule has 0 unspecified atom stereocenters. The van der Waals surface area contributed by atoms with Crippen LogP contribution in [-0.4, -0.2) is 22.8 Å². The highest BCUT2D eigenvalue weighted by Crippen LogP contribution is 2.18. The van der Waals surface area contributed by atoms with E-state index in [1.54, 1.807) is 19.1 Å². The summed E-state index contributed by atoms with van der Waals surface area (Å²) in [4.78, 5) is 10.9. The Balaban J connectivity index is 2.82. The van der Waals surface area contributed by atoms with Gasteiger partial charge in [0, 0.05) is 6.92 Å². The molecule has 0 spiro atoms. The number of aliphatic hydroxyl groups is 1. The van der Waals surface area contributed by atoms with E-state index in [1.165, 1.54) is 13.0 Å². The maximum atomic E-state index is 10.9. The van der Waals surface area contributed by atoms with Gasteiger partial charge in [0.05, 0.1) is 0 Å². The Morgan fingerprint density at radius 2 is 2.06 bits per heavy atom. The summed E-state index contributed by atoms with van der Waals surface area (Å²) in [7, 11) is 0. The average Bonchev–Trinajstić information content (AvgIpc) is 2.34. The molecule has 0 fully saturated rings. The molecule has 0 saturated carbocycles. The van der Waals surface area contributed by atoms with Gasteiger partial charge < -0.3 is 9.84 Å². The van der Waals surface area contributed by atoms with E-state index < -0.39 is 17.7 Å². The molecule has 0 amide bonds. The number of benzene rings is 1. The third-order valence-corrected chi connectivity index (χ3v) is 2.50. The molecule has 0 aliphatic heterocycles. The van der Waals surface area contributed by atoms with E-state index in [9.17, 15) is 9.90 Å². The maximum Gasteiger partial charge on any atom is 0.303 e. The summed E-state index contributed by atoms with van der Waals surface area (Å²) in [6, 6.07) is 9.57. The van der Waals surface area contributed by atoms with Crippen LogP contribution in [0.4, 0.5) is 0 Å². The van der Waals surface area contributed by atoms with Crippen LogP contribution in [0, 0.1) is 0 Å². The highest BCUT2D eigenvalue weighted by atomic mass is 16.6. The van der Waals surface area contributed by atoms with Crippen LogP contribution in [0.2, 0.25) is 0 Å². The van der Waals surface area contributed by atoms with Gasteiger partial charge in [-0.2, -0.15) is 0 Å². The van der Waals surface area contributed by atoms with Gasteiger partial charge in [-0.1, -0.05) is 43.0 Å². The van der Waals surface area contributed by atoms with Gasteiger partial charge in [-0.15, -0.1) is 0 Å². The molecule has 3 heteroatoms. The van der Waals surface area contributed by atoms with Crippen LogP contribution in [0.1, 0.15) is 19.4 Å². The number of rotatable bonds is 5. The van der Waals surface area contributed by atoms with Gasteiger partial charge in [-0.3, -0.25) is 4.79 Å². The van der Waals surface area contributed by atoms with Crippen LogP contribution in [0.15, 0.2) is 49.1 Å². The lowest BCUT2D eigenvalue weighted by Gasteiger charge is -2.27. The summed E-state index contributed by atoms with van der Waals surface area (Å²) in [5, 5.41) is 10.2. The number of carbonyl (C=O) groups is 1. The van der Waals surface area contributed by atoms with E-state index in [4.69, 9.17) is 4.74 Å². The molecule has 1 aromatic rings. The predicted molar refractivity (Wildman–Crippen MR) is 71.9 cm³/mol. The van der Waals surface area contributed by atoms with E-state index in [0.29, 0.717) is 0 Å². The van der Waals surface area contributed by atoms with Crippen molar-refractivity contribution < 1.29 is 14.6 Å². The smallest absolute Gasteiger partial charge is 0.303 e. The summed E-state index contributed by atoms with van der Waals surface area (Å²) in [6.07, 6.45) is 4.02. The van der Waals surface area contributed by atoms with Crippen molar-refractivity contribution in [2.75, 3.05) is 0 Å². The van der Waals surface area contributed by atoms with Gasteiger partial charge in [0.25, 0.3) is 0 Å². The number of hydrogen-bond donors (Lipinski definition) is 1. The molecule has 18 heavy (non-hydrogen) atoms. The van der Waals surface area contributed by atoms with Crippen LogP contribution in [0.3, 0.4) is 0 Å². The maximum absolute atomic E-state index is 10.9.